The highest BCUT2D eigenvalue weighted by Crippen LogP contribution is 2.16. The van der Waals surface area contributed by atoms with Crippen LogP contribution in [0.2, 0.25) is 0 Å². The van der Waals surface area contributed by atoms with Crippen LogP contribution < -0.4 is 10.1 Å². The Morgan fingerprint density at radius 3 is 2.52 bits per heavy atom. The Bertz CT molecular complexity index is 744. The Hall–Kier alpha value is -3.06. The maximum atomic E-state index is 12.0. The van der Waals surface area contributed by atoms with E-state index in [0.29, 0.717) is 13.2 Å². The lowest BCUT2D eigenvalue weighted by Crippen LogP contribution is -2.25. The molecule has 2 rings (SSSR count). The van der Waals surface area contributed by atoms with E-state index in [2.05, 4.69) is 12.2 Å². The van der Waals surface area contributed by atoms with Gasteiger partial charge in [0.05, 0.1) is 0 Å². The average molecular weight is 334 g/mol. The summed E-state index contributed by atoms with van der Waals surface area (Å²) in [7, 11) is 0. The van der Waals surface area contributed by atoms with E-state index in [1.165, 1.54) is 0 Å². The van der Waals surface area contributed by atoms with Crippen LogP contribution in [0.3, 0.4) is 0 Å². The standard InChI is InChI=1S/C21H22N2O2/c1-2-3-13-23-21(24)19(15-22)14-17-9-11-20(12-10-17)25-16-18-7-5-4-6-8-18/h4-12,14H,2-3,13,16H2,1H3,(H,23,24)/b19-14-. The molecule has 4 nitrogen and oxygen atoms in total. The number of rotatable bonds is 8. The molecule has 0 heterocycles. The van der Waals surface area contributed by atoms with Crippen molar-refractivity contribution in [2.75, 3.05) is 6.54 Å². The molecule has 25 heavy (non-hydrogen) atoms. The van der Waals surface area contributed by atoms with Gasteiger partial charge in [0.25, 0.3) is 5.91 Å². The molecule has 0 saturated heterocycles. The van der Waals surface area contributed by atoms with Crippen molar-refractivity contribution in [1.82, 2.24) is 5.32 Å². The van der Waals surface area contributed by atoms with Crippen molar-refractivity contribution < 1.29 is 9.53 Å². The summed E-state index contributed by atoms with van der Waals surface area (Å²) in [6.07, 6.45) is 3.48. The number of unbranched alkanes of at least 4 members (excludes halogenated alkanes) is 1. The zero-order valence-corrected chi connectivity index (χ0v) is 14.4. The van der Waals surface area contributed by atoms with Crippen LogP contribution in [0.25, 0.3) is 6.08 Å². The van der Waals surface area contributed by atoms with Gasteiger partial charge in [-0.2, -0.15) is 5.26 Å². The normalized spacial score (nSPS) is 10.8. The summed E-state index contributed by atoms with van der Waals surface area (Å²) in [5.41, 5.74) is 1.99. The second-order valence-corrected chi connectivity index (χ2v) is 5.62. The van der Waals surface area contributed by atoms with Crippen LogP contribution in [-0.4, -0.2) is 12.5 Å². The summed E-state index contributed by atoms with van der Waals surface area (Å²) in [5, 5.41) is 11.9. The second-order valence-electron chi connectivity index (χ2n) is 5.62. The molecular weight excluding hydrogens is 312 g/mol. The van der Waals surface area contributed by atoms with Crippen LogP contribution in [0.1, 0.15) is 30.9 Å². The van der Waals surface area contributed by atoms with Gasteiger partial charge < -0.3 is 10.1 Å². The Labute approximate surface area is 148 Å². The molecule has 0 aliphatic rings. The number of nitriles is 1. The first-order valence-corrected chi connectivity index (χ1v) is 8.39. The first kappa shape index (κ1) is 18.3. The number of carbonyl (C=O) groups is 1. The third-order valence-corrected chi connectivity index (χ3v) is 3.62. The topological polar surface area (TPSA) is 62.1 Å². The molecule has 0 saturated carbocycles. The smallest absolute Gasteiger partial charge is 0.261 e. The molecule has 0 aliphatic heterocycles. The number of carbonyl (C=O) groups excluding carboxylic acids is 1. The zero-order valence-electron chi connectivity index (χ0n) is 14.4. The fourth-order valence-corrected chi connectivity index (χ4v) is 2.19. The fraction of sp³-hybridized carbons (Fsp3) is 0.238. The minimum atomic E-state index is -0.333. The lowest BCUT2D eigenvalue weighted by Gasteiger charge is -2.07. The molecule has 0 unspecified atom stereocenters. The molecule has 0 atom stereocenters. The number of ether oxygens (including phenoxy) is 1. The van der Waals surface area contributed by atoms with E-state index >= 15 is 0 Å². The Balaban J connectivity index is 1.95. The van der Waals surface area contributed by atoms with E-state index in [0.717, 1.165) is 29.7 Å². The van der Waals surface area contributed by atoms with Crippen LogP contribution in [0, 0.1) is 11.3 Å². The average Bonchev–Trinajstić information content (AvgIpc) is 2.66. The van der Waals surface area contributed by atoms with Crippen LogP contribution in [0.15, 0.2) is 60.2 Å². The first-order chi connectivity index (χ1) is 12.2. The van der Waals surface area contributed by atoms with Gasteiger partial charge in [0.2, 0.25) is 0 Å². The number of hydrogen-bond donors (Lipinski definition) is 1. The van der Waals surface area contributed by atoms with E-state index in [-0.39, 0.29) is 11.5 Å². The Morgan fingerprint density at radius 1 is 1.16 bits per heavy atom. The fourth-order valence-electron chi connectivity index (χ4n) is 2.19. The molecule has 1 amide bonds. The van der Waals surface area contributed by atoms with Gasteiger partial charge in [0, 0.05) is 6.54 Å². The minimum Gasteiger partial charge on any atom is -0.489 e. The van der Waals surface area contributed by atoms with Crippen LogP contribution in [0.5, 0.6) is 5.75 Å². The molecule has 4 heteroatoms. The van der Waals surface area contributed by atoms with E-state index in [1.807, 2.05) is 60.7 Å². The molecule has 0 bridgehead atoms. The summed E-state index contributed by atoms with van der Waals surface area (Å²) >= 11 is 0. The lowest BCUT2D eigenvalue weighted by molar-refractivity contribution is -0.117. The van der Waals surface area contributed by atoms with E-state index in [4.69, 9.17) is 4.74 Å². The molecule has 0 fully saturated rings. The lowest BCUT2D eigenvalue weighted by atomic mass is 10.1. The molecule has 0 aliphatic carbocycles. The predicted molar refractivity (Wildman–Crippen MR) is 98.7 cm³/mol. The van der Waals surface area contributed by atoms with Crippen molar-refractivity contribution in [2.24, 2.45) is 0 Å². The van der Waals surface area contributed by atoms with Crippen molar-refractivity contribution in [3.63, 3.8) is 0 Å². The third kappa shape index (κ3) is 6.15. The number of amides is 1. The summed E-state index contributed by atoms with van der Waals surface area (Å²) in [6.45, 7) is 3.13. The first-order valence-electron chi connectivity index (χ1n) is 8.39. The largest absolute Gasteiger partial charge is 0.489 e. The summed E-state index contributed by atoms with van der Waals surface area (Å²) in [6, 6.07) is 19.2. The van der Waals surface area contributed by atoms with Crippen molar-refractivity contribution in [2.45, 2.75) is 26.4 Å². The van der Waals surface area contributed by atoms with Gasteiger partial charge >= 0.3 is 0 Å². The number of nitrogens with zero attached hydrogens (tertiary/aromatic N) is 1. The zero-order chi connectivity index (χ0) is 17.9. The van der Waals surface area contributed by atoms with Crippen molar-refractivity contribution in [3.05, 3.63) is 71.3 Å². The summed E-state index contributed by atoms with van der Waals surface area (Å²) in [4.78, 5) is 12.0. The quantitative estimate of drug-likeness (QED) is 0.449. The van der Waals surface area contributed by atoms with Gasteiger partial charge in [-0.05, 0) is 35.8 Å². The monoisotopic (exact) mass is 334 g/mol. The Kier molecular flexibility index (Phi) is 7.27. The highest BCUT2D eigenvalue weighted by molar-refractivity contribution is 6.01. The van der Waals surface area contributed by atoms with Gasteiger partial charge in [-0.3, -0.25) is 4.79 Å². The predicted octanol–water partition coefficient (Wildman–Crippen LogP) is 4.09. The van der Waals surface area contributed by atoms with Gasteiger partial charge in [0.1, 0.15) is 24.0 Å². The minimum absolute atomic E-state index is 0.106. The maximum Gasteiger partial charge on any atom is 0.261 e. The highest BCUT2D eigenvalue weighted by Gasteiger charge is 2.08. The second kappa shape index (κ2) is 9.94. The SMILES string of the molecule is CCCCNC(=O)/C(C#N)=C\c1ccc(OCc2ccccc2)cc1. The van der Waals surface area contributed by atoms with Gasteiger partial charge in [0.15, 0.2) is 0 Å². The molecule has 1 N–H and O–H groups in total. The third-order valence-electron chi connectivity index (χ3n) is 3.62. The maximum absolute atomic E-state index is 12.0. The van der Waals surface area contributed by atoms with Crippen molar-refractivity contribution >= 4 is 12.0 Å². The van der Waals surface area contributed by atoms with Gasteiger partial charge in [-0.1, -0.05) is 55.8 Å². The van der Waals surface area contributed by atoms with E-state index in [1.54, 1.807) is 6.08 Å². The van der Waals surface area contributed by atoms with Gasteiger partial charge in [-0.15, -0.1) is 0 Å². The van der Waals surface area contributed by atoms with Crippen molar-refractivity contribution in [1.29, 1.82) is 5.26 Å². The molecule has 2 aromatic rings. The highest BCUT2D eigenvalue weighted by atomic mass is 16.5. The van der Waals surface area contributed by atoms with Crippen LogP contribution in [0.4, 0.5) is 0 Å². The van der Waals surface area contributed by atoms with Crippen LogP contribution >= 0.6 is 0 Å². The number of hydrogen-bond acceptors (Lipinski definition) is 3. The molecule has 0 spiro atoms. The molecule has 2 aromatic carbocycles. The van der Waals surface area contributed by atoms with Crippen molar-refractivity contribution in [3.8, 4) is 11.8 Å². The number of nitrogens with one attached hydrogen (secondary N) is 1. The molecule has 128 valence electrons. The van der Waals surface area contributed by atoms with E-state index in [9.17, 15) is 10.1 Å². The van der Waals surface area contributed by atoms with E-state index < -0.39 is 0 Å². The number of benzene rings is 2. The van der Waals surface area contributed by atoms with Crippen LogP contribution in [-0.2, 0) is 11.4 Å². The molecule has 0 radical (unpaired) electrons. The van der Waals surface area contributed by atoms with Gasteiger partial charge in [-0.25, -0.2) is 0 Å². The summed E-state index contributed by atoms with van der Waals surface area (Å²) in [5.74, 6) is 0.410. The summed E-state index contributed by atoms with van der Waals surface area (Å²) < 4.78 is 5.73. The Morgan fingerprint density at radius 2 is 1.88 bits per heavy atom. The molecule has 0 aromatic heterocycles. The molecular formula is C21H22N2O2.